The summed E-state index contributed by atoms with van der Waals surface area (Å²) in [5, 5.41) is 15.9. The maximum Gasteiger partial charge on any atom is 0.134 e. The molecule has 0 amide bonds. The Kier molecular flexibility index (Phi) is 3.68. The number of thiophene rings is 1. The summed E-state index contributed by atoms with van der Waals surface area (Å²) in [5.41, 5.74) is 0. The summed E-state index contributed by atoms with van der Waals surface area (Å²) >= 11 is 3.43. The van der Waals surface area contributed by atoms with E-state index in [1.54, 1.807) is 22.7 Å². The zero-order valence-corrected chi connectivity index (χ0v) is 11.2. The summed E-state index contributed by atoms with van der Waals surface area (Å²) in [6, 6.07) is 4.85. The lowest BCUT2D eigenvalue weighted by molar-refractivity contribution is 0.496. The second-order valence-corrected chi connectivity index (χ2v) is 5.98. The van der Waals surface area contributed by atoms with E-state index in [0.29, 0.717) is 6.04 Å². The molecule has 0 fully saturated rings. The van der Waals surface area contributed by atoms with E-state index in [0.717, 1.165) is 10.0 Å². The van der Waals surface area contributed by atoms with Crippen LogP contribution in [0.1, 0.15) is 40.8 Å². The molecule has 0 aromatic carbocycles. The van der Waals surface area contributed by atoms with Crippen LogP contribution in [-0.2, 0) is 0 Å². The van der Waals surface area contributed by atoms with Gasteiger partial charge in [-0.1, -0.05) is 6.07 Å². The maximum absolute atomic E-state index is 4.16. The van der Waals surface area contributed by atoms with E-state index >= 15 is 0 Å². The normalized spacial score (nSPS) is 14.9. The molecular weight excluding hydrogens is 238 g/mol. The minimum absolute atomic E-state index is 0.253. The van der Waals surface area contributed by atoms with Crippen LogP contribution in [0.2, 0.25) is 0 Å². The third kappa shape index (κ3) is 2.66. The lowest BCUT2D eigenvalue weighted by atomic mass is 10.2. The first-order chi connectivity index (χ1) is 7.66. The summed E-state index contributed by atoms with van der Waals surface area (Å²) in [6.07, 6.45) is 0. The van der Waals surface area contributed by atoms with E-state index in [1.165, 1.54) is 4.88 Å². The van der Waals surface area contributed by atoms with E-state index in [1.807, 2.05) is 6.92 Å². The number of aryl methyl sites for hydroxylation is 1. The quantitative estimate of drug-likeness (QED) is 0.908. The molecule has 3 nitrogen and oxygen atoms in total. The Balaban J connectivity index is 2.00. The first-order valence-corrected chi connectivity index (χ1v) is 6.96. The molecule has 2 aromatic rings. The second kappa shape index (κ2) is 5.03. The molecule has 2 unspecified atom stereocenters. The molecule has 0 radical (unpaired) electrons. The van der Waals surface area contributed by atoms with Crippen LogP contribution in [0.3, 0.4) is 0 Å². The van der Waals surface area contributed by atoms with Crippen molar-refractivity contribution in [2.75, 3.05) is 0 Å². The van der Waals surface area contributed by atoms with E-state index in [4.69, 9.17) is 0 Å². The predicted molar refractivity (Wildman–Crippen MR) is 68.9 cm³/mol. The lowest BCUT2D eigenvalue weighted by Crippen LogP contribution is -2.21. The van der Waals surface area contributed by atoms with Gasteiger partial charge in [0.05, 0.1) is 6.04 Å². The molecule has 2 heterocycles. The van der Waals surface area contributed by atoms with Gasteiger partial charge in [-0.15, -0.1) is 32.9 Å². The molecule has 5 heteroatoms. The van der Waals surface area contributed by atoms with Gasteiger partial charge < -0.3 is 5.32 Å². The molecular formula is C11H15N3S2. The highest BCUT2D eigenvalue weighted by Gasteiger charge is 2.14. The Bertz CT molecular complexity index is 436. The molecule has 0 spiro atoms. The Morgan fingerprint density at radius 1 is 1.25 bits per heavy atom. The molecule has 2 rings (SSSR count). The number of nitrogens with one attached hydrogen (secondary N) is 1. The Morgan fingerprint density at radius 3 is 2.62 bits per heavy atom. The number of hydrogen-bond acceptors (Lipinski definition) is 5. The van der Waals surface area contributed by atoms with Crippen LogP contribution in [0.25, 0.3) is 0 Å². The standard InChI is InChI=1S/C11H15N3S2/c1-7(10-5-4-6-15-10)12-8(2)11-14-13-9(3)16-11/h4-8,12H,1-3H3. The van der Waals surface area contributed by atoms with Gasteiger partial charge in [0.2, 0.25) is 0 Å². The van der Waals surface area contributed by atoms with Crippen molar-refractivity contribution in [1.29, 1.82) is 0 Å². The molecule has 86 valence electrons. The van der Waals surface area contributed by atoms with Gasteiger partial charge in [-0.3, -0.25) is 0 Å². The molecule has 0 aliphatic carbocycles. The van der Waals surface area contributed by atoms with Crippen molar-refractivity contribution in [1.82, 2.24) is 15.5 Å². The zero-order chi connectivity index (χ0) is 11.5. The highest BCUT2D eigenvalue weighted by molar-refractivity contribution is 7.11. The number of hydrogen-bond donors (Lipinski definition) is 1. The minimum Gasteiger partial charge on any atom is -0.301 e. The largest absolute Gasteiger partial charge is 0.301 e. The van der Waals surface area contributed by atoms with E-state index in [2.05, 4.69) is 46.9 Å². The van der Waals surface area contributed by atoms with Crippen LogP contribution in [0.5, 0.6) is 0 Å². The Hall–Kier alpha value is -0.780. The van der Waals surface area contributed by atoms with E-state index in [9.17, 15) is 0 Å². The molecule has 1 N–H and O–H groups in total. The van der Waals surface area contributed by atoms with Gasteiger partial charge in [-0.25, -0.2) is 0 Å². The van der Waals surface area contributed by atoms with Crippen molar-refractivity contribution in [2.45, 2.75) is 32.9 Å². The fraction of sp³-hybridized carbons (Fsp3) is 0.455. The average molecular weight is 253 g/mol. The highest BCUT2D eigenvalue weighted by Crippen LogP contribution is 2.23. The summed E-state index contributed by atoms with van der Waals surface area (Å²) in [7, 11) is 0. The van der Waals surface area contributed by atoms with Gasteiger partial charge in [-0.05, 0) is 32.2 Å². The summed E-state index contributed by atoms with van der Waals surface area (Å²) < 4.78 is 0. The topological polar surface area (TPSA) is 37.8 Å². The maximum atomic E-state index is 4.16. The predicted octanol–water partition coefficient (Wildman–Crippen LogP) is 3.32. The first kappa shape index (κ1) is 11.7. The smallest absolute Gasteiger partial charge is 0.134 e. The van der Waals surface area contributed by atoms with Crippen molar-refractivity contribution < 1.29 is 0 Å². The van der Waals surface area contributed by atoms with Crippen LogP contribution >= 0.6 is 22.7 Å². The molecule has 2 atom stereocenters. The third-order valence-electron chi connectivity index (χ3n) is 2.38. The van der Waals surface area contributed by atoms with E-state index in [-0.39, 0.29) is 6.04 Å². The van der Waals surface area contributed by atoms with Crippen LogP contribution in [0, 0.1) is 6.92 Å². The molecule has 0 saturated carbocycles. The second-order valence-electron chi connectivity index (χ2n) is 3.78. The number of rotatable bonds is 4. The third-order valence-corrected chi connectivity index (χ3v) is 4.46. The van der Waals surface area contributed by atoms with Crippen LogP contribution in [0.4, 0.5) is 0 Å². The fourth-order valence-corrected chi connectivity index (χ4v) is 3.01. The molecule has 2 aromatic heterocycles. The SMILES string of the molecule is Cc1nnc(C(C)NC(C)c2cccs2)s1. The van der Waals surface area contributed by atoms with Crippen LogP contribution < -0.4 is 5.32 Å². The minimum atomic E-state index is 0.253. The van der Waals surface area contributed by atoms with Crippen molar-refractivity contribution in [3.63, 3.8) is 0 Å². The fourth-order valence-electron chi connectivity index (χ4n) is 1.55. The average Bonchev–Trinajstić information content (AvgIpc) is 2.87. The van der Waals surface area contributed by atoms with Gasteiger partial charge >= 0.3 is 0 Å². The molecule has 0 aliphatic rings. The van der Waals surface area contributed by atoms with Crippen molar-refractivity contribution >= 4 is 22.7 Å². The monoisotopic (exact) mass is 253 g/mol. The molecule has 0 aliphatic heterocycles. The van der Waals surface area contributed by atoms with Crippen LogP contribution in [-0.4, -0.2) is 10.2 Å². The van der Waals surface area contributed by atoms with E-state index < -0.39 is 0 Å². The summed E-state index contributed by atoms with van der Waals surface area (Å²) in [5.74, 6) is 0. The van der Waals surface area contributed by atoms with Gasteiger partial charge in [-0.2, -0.15) is 0 Å². The number of nitrogens with zero attached hydrogens (tertiary/aromatic N) is 2. The molecule has 16 heavy (non-hydrogen) atoms. The zero-order valence-electron chi connectivity index (χ0n) is 9.60. The Morgan fingerprint density at radius 2 is 2.06 bits per heavy atom. The van der Waals surface area contributed by atoms with Crippen molar-refractivity contribution in [3.8, 4) is 0 Å². The summed E-state index contributed by atoms with van der Waals surface area (Å²) in [4.78, 5) is 1.35. The van der Waals surface area contributed by atoms with Crippen LogP contribution in [0.15, 0.2) is 17.5 Å². The highest BCUT2D eigenvalue weighted by atomic mass is 32.1. The summed E-state index contributed by atoms with van der Waals surface area (Å²) in [6.45, 7) is 6.29. The number of aromatic nitrogens is 2. The van der Waals surface area contributed by atoms with Gasteiger partial charge in [0.25, 0.3) is 0 Å². The molecule has 0 bridgehead atoms. The van der Waals surface area contributed by atoms with Crippen molar-refractivity contribution in [2.24, 2.45) is 0 Å². The lowest BCUT2D eigenvalue weighted by Gasteiger charge is -2.16. The van der Waals surface area contributed by atoms with Crippen molar-refractivity contribution in [3.05, 3.63) is 32.4 Å². The van der Waals surface area contributed by atoms with Gasteiger partial charge in [0, 0.05) is 10.9 Å². The van der Waals surface area contributed by atoms with Gasteiger partial charge in [0.1, 0.15) is 10.0 Å². The molecule has 0 saturated heterocycles. The Labute approximate surface area is 104 Å². The van der Waals surface area contributed by atoms with Gasteiger partial charge in [0.15, 0.2) is 0 Å². The first-order valence-electron chi connectivity index (χ1n) is 5.26.